The first-order chi connectivity index (χ1) is 12.6. The van der Waals surface area contributed by atoms with Crippen LogP contribution in [-0.2, 0) is 12.8 Å². The van der Waals surface area contributed by atoms with Crippen molar-refractivity contribution in [1.82, 2.24) is 19.9 Å². The molecule has 2 atom stereocenters. The topological polar surface area (TPSA) is 65.4 Å². The Labute approximate surface area is 154 Å². The van der Waals surface area contributed by atoms with Gasteiger partial charge in [0.05, 0.1) is 6.10 Å². The minimum atomic E-state index is -0.282. The summed E-state index contributed by atoms with van der Waals surface area (Å²) in [7, 11) is 0. The van der Waals surface area contributed by atoms with Crippen molar-refractivity contribution in [2.75, 3.05) is 31.1 Å². The number of pyridine rings is 1. The molecule has 0 bridgehead atoms. The van der Waals surface area contributed by atoms with Crippen LogP contribution in [0.25, 0.3) is 11.4 Å². The van der Waals surface area contributed by atoms with Crippen molar-refractivity contribution in [3.63, 3.8) is 0 Å². The Hall–Kier alpha value is -2.05. The lowest BCUT2D eigenvalue weighted by molar-refractivity contribution is 0.114. The molecule has 138 valence electrons. The van der Waals surface area contributed by atoms with E-state index < -0.39 is 0 Å². The van der Waals surface area contributed by atoms with E-state index in [0.717, 1.165) is 62.6 Å². The second-order valence-electron chi connectivity index (χ2n) is 7.54. The summed E-state index contributed by atoms with van der Waals surface area (Å²) in [5.41, 5.74) is 3.57. The number of hydrogen-bond donors (Lipinski definition) is 1. The van der Waals surface area contributed by atoms with Gasteiger partial charge in [0, 0.05) is 61.4 Å². The van der Waals surface area contributed by atoms with Gasteiger partial charge in [-0.1, -0.05) is 0 Å². The van der Waals surface area contributed by atoms with Gasteiger partial charge in [0.15, 0.2) is 5.82 Å². The van der Waals surface area contributed by atoms with E-state index >= 15 is 0 Å². The Morgan fingerprint density at radius 1 is 1.19 bits per heavy atom. The summed E-state index contributed by atoms with van der Waals surface area (Å²) in [6.45, 7) is 7.70. The first-order valence-electron chi connectivity index (χ1n) is 9.59. The first kappa shape index (κ1) is 17.4. The van der Waals surface area contributed by atoms with Gasteiger partial charge in [-0.15, -0.1) is 0 Å². The molecular weight excluding hydrogens is 326 g/mol. The number of nitrogens with zero attached hydrogens (tertiary/aromatic N) is 5. The normalized spacial score (nSPS) is 21.7. The molecule has 2 aliphatic rings. The molecule has 2 unspecified atom stereocenters. The number of hydrogen-bond acceptors (Lipinski definition) is 6. The summed E-state index contributed by atoms with van der Waals surface area (Å²) in [5.74, 6) is 1.92. The number of piperazine rings is 1. The predicted octanol–water partition coefficient (Wildman–Crippen LogP) is 1.92. The van der Waals surface area contributed by atoms with E-state index in [9.17, 15) is 5.11 Å². The quantitative estimate of drug-likeness (QED) is 0.906. The van der Waals surface area contributed by atoms with Crippen LogP contribution in [0.4, 0.5) is 5.82 Å². The third-order valence-electron chi connectivity index (χ3n) is 5.36. The van der Waals surface area contributed by atoms with Crippen molar-refractivity contribution in [3.8, 4) is 11.4 Å². The van der Waals surface area contributed by atoms with E-state index in [0.29, 0.717) is 6.04 Å². The fraction of sp³-hybridized carbons (Fsp3) is 0.550. The second kappa shape index (κ2) is 7.29. The Bertz CT molecular complexity index is 764. The highest BCUT2D eigenvalue weighted by atomic mass is 16.3. The average Bonchev–Trinajstić information content (AvgIpc) is 3.10. The van der Waals surface area contributed by atoms with Crippen molar-refractivity contribution in [1.29, 1.82) is 0 Å². The van der Waals surface area contributed by atoms with Crippen LogP contribution in [-0.4, -0.2) is 63.3 Å². The summed E-state index contributed by atoms with van der Waals surface area (Å²) < 4.78 is 0. The third-order valence-corrected chi connectivity index (χ3v) is 5.36. The van der Waals surface area contributed by atoms with E-state index in [1.807, 2.05) is 19.1 Å². The lowest BCUT2D eigenvalue weighted by Crippen LogP contribution is -2.53. The minimum absolute atomic E-state index is 0.282. The van der Waals surface area contributed by atoms with Gasteiger partial charge in [0.2, 0.25) is 0 Å². The standard InChI is InChI=1S/C20H27N5O/c1-14-12-24(13-15(2)26)10-11-25(14)20-17-4-3-5-18(17)22-19(23-20)16-6-8-21-9-7-16/h6-9,14-15,26H,3-5,10-13H2,1-2H3. The number of aliphatic hydroxyl groups excluding tert-OH is 1. The molecule has 6 nitrogen and oxygen atoms in total. The van der Waals surface area contributed by atoms with E-state index in [-0.39, 0.29) is 6.10 Å². The fourth-order valence-electron chi connectivity index (χ4n) is 4.17. The summed E-state index contributed by atoms with van der Waals surface area (Å²) in [6.07, 6.45) is 6.58. The van der Waals surface area contributed by atoms with E-state index in [2.05, 4.69) is 21.7 Å². The van der Waals surface area contributed by atoms with E-state index in [4.69, 9.17) is 9.97 Å². The highest BCUT2D eigenvalue weighted by Gasteiger charge is 2.30. The number of β-amino-alcohol motifs (C(OH)–C–C–N with tert-alkyl or cyclic N) is 1. The van der Waals surface area contributed by atoms with Crippen LogP contribution in [0.2, 0.25) is 0 Å². The second-order valence-corrected chi connectivity index (χ2v) is 7.54. The molecule has 2 aromatic rings. The summed E-state index contributed by atoms with van der Waals surface area (Å²) >= 11 is 0. The van der Waals surface area contributed by atoms with Gasteiger partial charge in [-0.05, 0) is 45.2 Å². The van der Waals surface area contributed by atoms with Gasteiger partial charge in [-0.2, -0.15) is 0 Å². The average molecular weight is 353 g/mol. The van der Waals surface area contributed by atoms with Gasteiger partial charge in [0.25, 0.3) is 0 Å². The van der Waals surface area contributed by atoms with Crippen molar-refractivity contribution < 1.29 is 5.11 Å². The van der Waals surface area contributed by atoms with Crippen LogP contribution in [0.15, 0.2) is 24.5 Å². The Kier molecular flexibility index (Phi) is 4.87. The van der Waals surface area contributed by atoms with Crippen LogP contribution in [0.1, 0.15) is 31.5 Å². The third kappa shape index (κ3) is 3.44. The largest absolute Gasteiger partial charge is 0.392 e. The zero-order chi connectivity index (χ0) is 18.1. The highest BCUT2D eigenvalue weighted by molar-refractivity contribution is 5.61. The maximum Gasteiger partial charge on any atom is 0.161 e. The molecule has 1 aliphatic carbocycles. The molecule has 0 radical (unpaired) electrons. The van der Waals surface area contributed by atoms with Crippen molar-refractivity contribution in [2.24, 2.45) is 0 Å². The SMILES string of the molecule is CC(O)CN1CCN(c2nc(-c3ccncc3)nc3c2CCC3)C(C)C1. The zero-order valence-corrected chi connectivity index (χ0v) is 15.6. The molecule has 0 spiro atoms. The monoisotopic (exact) mass is 353 g/mol. The molecular formula is C20H27N5O. The molecule has 1 N–H and O–H groups in total. The van der Waals surface area contributed by atoms with Gasteiger partial charge in [0.1, 0.15) is 5.82 Å². The maximum atomic E-state index is 9.68. The van der Waals surface area contributed by atoms with Gasteiger partial charge >= 0.3 is 0 Å². The lowest BCUT2D eigenvalue weighted by Gasteiger charge is -2.41. The molecule has 2 aromatic heterocycles. The number of aromatic nitrogens is 3. The molecule has 0 amide bonds. The van der Waals surface area contributed by atoms with Crippen LogP contribution in [0, 0.1) is 0 Å². The molecule has 0 aromatic carbocycles. The maximum absolute atomic E-state index is 9.68. The Balaban J connectivity index is 1.65. The van der Waals surface area contributed by atoms with Crippen molar-refractivity contribution in [3.05, 3.63) is 35.8 Å². The van der Waals surface area contributed by atoms with Crippen LogP contribution >= 0.6 is 0 Å². The first-order valence-corrected chi connectivity index (χ1v) is 9.59. The highest BCUT2D eigenvalue weighted by Crippen LogP contribution is 2.33. The Morgan fingerprint density at radius 2 is 2.00 bits per heavy atom. The number of rotatable bonds is 4. The van der Waals surface area contributed by atoms with Gasteiger partial charge in [-0.3, -0.25) is 9.88 Å². The molecule has 1 saturated heterocycles. The number of aliphatic hydroxyl groups is 1. The zero-order valence-electron chi connectivity index (χ0n) is 15.6. The number of anilines is 1. The molecule has 3 heterocycles. The van der Waals surface area contributed by atoms with Crippen molar-refractivity contribution >= 4 is 5.82 Å². The lowest BCUT2D eigenvalue weighted by atomic mass is 10.1. The fourth-order valence-corrected chi connectivity index (χ4v) is 4.17. The predicted molar refractivity (Wildman–Crippen MR) is 102 cm³/mol. The van der Waals surface area contributed by atoms with Crippen molar-refractivity contribution in [2.45, 2.75) is 45.3 Å². The molecule has 26 heavy (non-hydrogen) atoms. The summed E-state index contributed by atoms with van der Waals surface area (Å²) in [5, 5.41) is 9.68. The molecule has 1 fully saturated rings. The van der Waals surface area contributed by atoms with Gasteiger partial charge < -0.3 is 10.0 Å². The van der Waals surface area contributed by atoms with E-state index in [1.54, 1.807) is 12.4 Å². The number of fused-ring (bicyclic) bond motifs is 1. The summed E-state index contributed by atoms with van der Waals surface area (Å²) in [4.78, 5) is 18.7. The van der Waals surface area contributed by atoms with E-state index in [1.165, 1.54) is 11.3 Å². The van der Waals surface area contributed by atoms with Gasteiger partial charge in [-0.25, -0.2) is 9.97 Å². The number of aryl methyl sites for hydroxylation is 1. The van der Waals surface area contributed by atoms with Crippen LogP contribution in [0.3, 0.4) is 0 Å². The molecule has 6 heteroatoms. The summed E-state index contributed by atoms with van der Waals surface area (Å²) in [6, 6.07) is 4.32. The Morgan fingerprint density at radius 3 is 2.73 bits per heavy atom. The van der Waals surface area contributed by atoms with Crippen LogP contribution in [0.5, 0.6) is 0 Å². The van der Waals surface area contributed by atoms with Crippen LogP contribution < -0.4 is 4.90 Å². The molecule has 4 rings (SSSR count). The molecule has 0 saturated carbocycles. The smallest absolute Gasteiger partial charge is 0.161 e. The minimum Gasteiger partial charge on any atom is -0.392 e. The molecule has 1 aliphatic heterocycles.